The Kier molecular flexibility index (Phi) is 3.26. The molecule has 0 aliphatic rings. The highest BCUT2D eigenvalue weighted by atomic mass is 35.5. The summed E-state index contributed by atoms with van der Waals surface area (Å²) in [5, 5.41) is 0.925. The highest BCUT2D eigenvalue weighted by Crippen LogP contribution is 2.23. The van der Waals surface area contributed by atoms with Crippen LogP contribution in [0.5, 0.6) is 0 Å². The Bertz CT molecular complexity index is 688. The average Bonchev–Trinajstić information content (AvgIpc) is 2.22. The molecule has 0 spiro atoms. The minimum atomic E-state index is -0.442. The molecular weight excluding hydrogens is 263 g/mol. The first-order valence-corrected chi connectivity index (χ1v) is 5.92. The number of hydrogen-bond donors (Lipinski definition) is 1. The molecule has 0 saturated heterocycles. The van der Waals surface area contributed by atoms with E-state index in [9.17, 15) is 9.59 Å². The molecule has 1 heterocycles. The van der Waals surface area contributed by atoms with Crippen molar-refractivity contribution in [3.05, 3.63) is 43.0 Å². The lowest BCUT2D eigenvalue weighted by atomic mass is 10.2. The zero-order valence-electron chi connectivity index (χ0n) is 9.09. The van der Waals surface area contributed by atoms with Gasteiger partial charge in [-0.1, -0.05) is 30.1 Å². The minimum absolute atomic E-state index is 0.249. The number of benzene rings is 1. The largest absolute Gasteiger partial charge is 0.328 e. The number of aromatic nitrogens is 2. The van der Waals surface area contributed by atoms with E-state index in [-0.39, 0.29) is 10.6 Å². The molecule has 2 aromatic rings. The van der Waals surface area contributed by atoms with Gasteiger partial charge in [-0.2, -0.15) is 0 Å². The first-order valence-electron chi connectivity index (χ1n) is 5.16. The molecule has 0 unspecified atom stereocenters. The second kappa shape index (κ2) is 4.55. The maximum absolute atomic E-state index is 12.1. The topological polar surface area (TPSA) is 54.9 Å². The summed E-state index contributed by atoms with van der Waals surface area (Å²) in [4.78, 5) is 26.4. The Morgan fingerprint density at radius 3 is 2.65 bits per heavy atom. The number of H-pyrrole nitrogens is 1. The van der Waals surface area contributed by atoms with Crippen LogP contribution in [0.2, 0.25) is 10.0 Å². The van der Waals surface area contributed by atoms with Crippen molar-refractivity contribution in [2.75, 3.05) is 0 Å². The summed E-state index contributed by atoms with van der Waals surface area (Å²) in [5.41, 5.74) is -0.459. The zero-order valence-corrected chi connectivity index (χ0v) is 10.6. The predicted molar refractivity (Wildman–Crippen MR) is 69.1 cm³/mol. The van der Waals surface area contributed by atoms with E-state index in [1.54, 1.807) is 0 Å². The molecule has 0 radical (unpaired) electrons. The van der Waals surface area contributed by atoms with Crippen molar-refractivity contribution in [2.24, 2.45) is 0 Å². The van der Waals surface area contributed by atoms with Gasteiger partial charge >= 0.3 is 5.69 Å². The molecule has 1 aromatic heterocycles. The molecule has 1 aromatic carbocycles. The Morgan fingerprint density at radius 1 is 1.29 bits per heavy atom. The zero-order chi connectivity index (χ0) is 12.6. The SMILES string of the molecule is CCCn1c(=O)[nH]c2cc(Cl)cc(Cl)c2c1=O. The summed E-state index contributed by atoms with van der Waals surface area (Å²) in [6.45, 7) is 2.25. The van der Waals surface area contributed by atoms with E-state index in [0.717, 1.165) is 4.57 Å². The molecule has 1 N–H and O–H groups in total. The highest BCUT2D eigenvalue weighted by Gasteiger charge is 2.11. The molecule has 0 amide bonds. The van der Waals surface area contributed by atoms with Gasteiger partial charge in [0.2, 0.25) is 0 Å². The molecule has 0 fully saturated rings. The van der Waals surface area contributed by atoms with Gasteiger partial charge in [0.15, 0.2) is 0 Å². The van der Waals surface area contributed by atoms with Crippen molar-refractivity contribution in [1.82, 2.24) is 9.55 Å². The van der Waals surface area contributed by atoms with Gasteiger partial charge in [-0.15, -0.1) is 0 Å². The highest BCUT2D eigenvalue weighted by molar-refractivity contribution is 6.38. The van der Waals surface area contributed by atoms with E-state index in [2.05, 4.69) is 4.98 Å². The van der Waals surface area contributed by atoms with Gasteiger partial charge in [0.1, 0.15) is 0 Å². The Morgan fingerprint density at radius 2 is 2.00 bits per heavy atom. The maximum atomic E-state index is 12.1. The number of nitrogens with zero attached hydrogens (tertiary/aromatic N) is 1. The fourth-order valence-electron chi connectivity index (χ4n) is 1.73. The molecule has 0 saturated carbocycles. The first kappa shape index (κ1) is 12.2. The summed E-state index contributed by atoms with van der Waals surface area (Å²) in [5.74, 6) is 0. The summed E-state index contributed by atoms with van der Waals surface area (Å²) in [7, 11) is 0. The number of nitrogens with one attached hydrogen (secondary N) is 1. The van der Waals surface area contributed by atoms with Gasteiger partial charge in [-0.3, -0.25) is 9.36 Å². The molecule has 0 aliphatic heterocycles. The van der Waals surface area contributed by atoms with Crippen LogP contribution in [0.25, 0.3) is 10.9 Å². The molecular formula is C11H10Cl2N2O2. The molecule has 0 bridgehead atoms. The Balaban J connectivity index is 2.93. The summed E-state index contributed by atoms with van der Waals surface area (Å²) < 4.78 is 1.14. The predicted octanol–water partition coefficient (Wildman–Crippen LogP) is 2.41. The van der Waals surface area contributed by atoms with Gasteiger partial charge in [0.05, 0.1) is 15.9 Å². The second-order valence-corrected chi connectivity index (χ2v) is 4.54. The molecule has 0 atom stereocenters. The van der Waals surface area contributed by atoms with Gasteiger partial charge < -0.3 is 4.98 Å². The quantitative estimate of drug-likeness (QED) is 0.913. The third-order valence-corrected chi connectivity index (χ3v) is 2.96. The van der Waals surface area contributed by atoms with Crippen LogP contribution in [0.3, 0.4) is 0 Å². The molecule has 6 heteroatoms. The van der Waals surface area contributed by atoms with E-state index >= 15 is 0 Å². The third kappa shape index (κ3) is 2.10. The van der Waals surface area contributed by atoms with E-state index in [1.807, 2.05) is 6.92 Å². The van der Waals surface area contributed by atoms with E-state index in [4.69, 9.17) is 23.2 Å². The lowest BCUT2D eigenvalue weighted by Gasteiger charge is -2.06. The molecule has 0 aliphatic carbocycles. The number of fused-ring (bicyclic) bond motifs is 1. The lowest BCUT2D eigenvalue weighted by molar-refractivity contribution is 0.623. The molecule has 2 rings (SSSR count). The van der Waals surface area contributed by atoms with Crippen LogP contribution in [0.15, 0.2) is 21.7 Å². The van der Waals surface area contributed by atoms with E-state index < -0.39 is 5.69 Å². The Hall–Kier alpha value is -1.26. The van der Waals surface area contributed by atoms with Crippen molar-refractivity contribution >= 4 is 34.1 Å². The number of aromatic amines is 1. The maximum Gasteiger partial charge on any atom is 0.328 e. The van der Waals surface area contributed by atoms with Crippen LogP contribution in [0, 0.1) is 0 Å². The third-order valence-electron chi connectivity index (χ3n) is 2.45. The molecule has 90 valence electrons. The smallest absolute Gasteiger partial charge is 0.307 e. The average molecular weight is 273 g/mol. The van der Waals surface area contributed by atoms with Crippen molar-refractivity contribution in [1.29, 1.82) is 0 Å². The number of rotatable bonds is 2. The van der Waals surface area contributed by atoms with Crippen LogP contribution in [0.1, 0.15) is 13.3 Å². The van der Waals surface area contributed by atoms with Gasteiger partial charge in [-0.05, 0) is 18.6 Å². The number of hydrogen-bond acceptors (Lipinski definition) is 2. The van der Waals surface area contributed by atoms with Crippen molar-refractivity contribution < 1.29 is 0 Å². The second-order valence-electron chi connectivity index (χ2n) is 3.70. The fraction of sp³-hybridized carbons (Fsp3) is 0.273. The summed E-state index contributed by atoms with van der Waals surface area (Å²) >= 11 is 11.8. The van der Waals surface area contributed by atoms with E-state index in [1.165, 1.54) is 12.1 Å². The lowest BCUT2D eigenvalue weighted by Crippen LogP contribution is -2.35. The minimum Gasteiger partial charge on any atom is -0.307 e. The van der Waals surface area contributed by atoms with Crippen LogP contribution in [-0.4, -0.2) is 9.55 Å². The van der Waals surface area contributed by atoms with Crippen molar-refractivity contribution in [3.8, 4) is 0 Å². The summed E-state index contributed by atoms with van der Waals surface area (Å²) in [6.07, 6.45) is 0.694. The van der Waals surface area contributed by atoms with Gasteiger partial charge in [-0.25, -0.2) is 4.79 Å². The monoisotopic (exact) mass is 272 g/mol. The van der Waals surface area contributed by atoms with Crippen LogP contribution in [-0.2, 0) is 6.54 Å². The van der Waals surface area contributed by atoms with Crippen LogP contribution >= 0.6 is 23.2 Å². The Labute approximate surface area is 107 Å². The summed E-state index contributed by atoms with van der Waals surface area (Å²) in [6, 6.07) is 3.00. The fourth-order valence-corrected chi connectivity index (χ4v) is 2.30. The van der Waals surface area contributed by atoms with Crippen molar-refractivity contribution in [3.63, 3.8) is 0 Å². The normalized spacial score (nSPS) is 11.0. The molecule has 4 nitrogen and oxygen atoms in total. The standard InChI is InChI=1S/C11H10Cl2N2O2/c1-2-3-15-10(16)9-7(13)4-6(12)5-8(9)14-11(15)17/h4-5H,2-3H2,1H3,(H,14,17). The van der Waals surface area contributed by atoms with Crippen molar-refractivity contribution in [2.45, 2.75) is 19.9 Å². The first-order chi connectivity index (χ1) is 8.04. The number of halogens is 2. The molecule has 17 heavy (non-hydrogen) atoms. The van der Waals surface area contributed by atoms with Crippen LogP contribution in [0.4, 0.5) is 0 Å². The van der Waals surface area contributed by atoms with Crippen LogP contribution < -0.4 is 11.2 Å². The van der Waals surface area contributed by atoms with Gasteiger partial charge in [0.25, 0.3) is 5.56 Å². The van der Waals surface area contributed by atoms with E-state index in [0.29, 0.717) is 28.9 Å². The van der Waals surface area contributed by atoms with Gasteiger partial charge in [0, 0.05) is 11.6 Å².